The quantitative estimate of drug-likeness (QED) is 0.706. The van der Waals surface area contributed by atoms with Gasteiger partial charge < -0.3 is 9.84 Å². The lowest BCUT2D eigenvalue weighted by Gasteiger charge is -2.31. The molecule has 0 amide bonds. The van der Waals surface area contributed by atoms with E-state index in [2.05, 4.69) is 12.2 Å². The Morgan fingerprint density at radius 1 is 1.44 bits per heavy atom. The van der Waals surface area contributed by atoms with Crippen molar-refractivity contribution in [2.45, 2.75) is 63.6 Å². The van der Waals surface area contributed by atoms with Crippen LogP contribution in [0.1, 0.15) is 51.9 Å². The van der Waals surface area contributed by atoms with E-state index in [1.807, 2.05) is 0 Å². The van der Waals surface area contributed by atoms with Gasteiger partial charge in [-0.15, -0.1) is 0 Å². The van der Waals surface area contributed by atoms with Gasteiger partial charge in [-0.25, -0.2) is 0 Å². The van der Waals surface area contributed by atoms with E-state index >= 15 is 0 Å². The van der Waals surface area contributed by atoms with Gasteiger partial charge in [-0.3, -0.25) is 5.32 Å². The fraction of sp³-hybridized carbons (Fsp3) is 1.00. The fourth-order valence-corrected chi connectivity index (χ4v) is 3.22. The molecule has 1 heterocycles. The number of nitrogens with one attached hydrogen (secondary N) is 1. The Morgan fingerprint density at radius 3 is 3.00 bits per heavy atom. The highest BCUT2D eigenvalue weighted by Crippen LogP contribution is 2.42. The number of hydrogen-bond donors (Lipinski definition) is 2. The zero-order valence-corrected chi connectivity index (χ0v) is 10.4. The van der Waals surface area contributed by atoms with Crippen LogP contribution in [0.5, 0.6) is 0 Å². The molecule has 1 spiro atoms. The van der Waals surface area contributed by atoms with Crippen molar-refractivity contribution in [1.29, 1.82) is 0 Å². The molecule has 3 nitrogen and oxygen atoms in total. The lowest BCUT2D eigenvalue weighted by atomic mass is 9.93. The standard InChI is InChI=1S/C13H25NO2/c1-2-3-4-6-11-7-5-8-13(11)14-12(9-15)10-16-13/h11-12,14-15H,2-10H2,1H3. The van der Waals surface area contributed by atoms with E-state index in [-0.39, 0.29) is 18.4 Å². The molecule has 0 bridgehead atoms. The second-order valence-electron chi connectivity index (χ2n) is 5.31. The van der Waals surface area contributed by atoms with Crippen LogP contribution >= 0.6 is 0 Å². The summed E-state index contributed by atoms with van der Waals surface area (Å²) in [6.07, 6.45) is 8.89. The van der Waals surface area contributed by atoms with Gasteiger partial charge in [0.1, 0.15) is 5.72 Å². The normalized spacial score (nSPS) is 38.6. The average Bonchev–Trinajstić information content (AvgIpc) is 2.88. The Balaban J connectivity index is 1.87. The lowest BCUT2D eigenvalue weighted by molar-refractivity contribution is -0.0437. The first-order valence-corrected chi connectivity index (χ1v) is 6.83. The molecular formula is C13H25NO2. The summed E-state index contributed by atoms with van der Waals surface area (Å²) in [6.45, 7) is 3.13. The van der Waals surface area contributed by atoms with Crippen molar-refractivity contribution in [3.8, 4) is 0 Å². The summed E-state index contributed by atoms with van der Waals surface area (Å²) in [5.74, 6) is 0.663. The summed E-state index contributed by atoms with van der Waals surface area (Å²) in [5, 5.41) is 12.7. The van der Waals surface area contributed by atoms with Crippen molar-refractivity contribution in [3.63, 3.8) is 0 Å². The first-order valence-electron chi connectivity index (χ1n) is 6.83. The van der Waals surface area contributed by atoms with Crippen molar-refractivity contribution in [2.24, 2.45) is 5.92 Å². The maximum Gasteiger partial charge on any atom is 0.122 e. The molecule has 1 saturated carbocycles. The van der Waals surface area contributed by atoms with Gasteiger partial charge in [-0.2, -0.15) is 0 Å². The zero-order chi connectivity index (χ0) is 11.4. The van der Waals surface area contributed by atoms with Gasteiger partial charge in [0.05, 0.1) is 19.3 Å². The SMILES string of the molecule is CCCCCC1CCCC12NC(CO)CO2. The number of aliphatic hydroxyl groups is 1. The molecule has 0 aromatic rings. The van der Waals surface area contributed by atoms with Crippen molar-refractivity contribution >= 4 is 0 Å². The monoisotopic (exact) mass is 227 g/mol. The summed E-state index contributed by atoms with van der Waals surface area (Å²) in [5.41, 5.74) is -0.0822. The molecule has 0 aromatic carbocycles. The average molecular weight is 227 g/mol. The third-order valence-corrected chi connectivity index (χ3v) is 4.13. The van der Waals surface area contributed by atoms with E-state index in [4.69, 9.17) is 9.84 Å². The highest BCUT2D eigenvalue weighted by atomic mass is 16.5. The molecule has 3 unspecified atom stereocenters. The van der Waals surface area contributed by atoms with Crippen LogP contribution in [0.4, 0.5) is 0 Å². The van der Waals surface area contributed by atoms with Crippen molar-refractivity contribution in [1.82, 2.24) is 5.32 Å². The summed E-state index contributed by atoms with van der Waals surface area (Å²) in [7, 11) is 0. The van der Waals surface area contributed by atoms with Crippen LogP contribution in [0, 0.1) is 5.92 Å². The summed E-state index contributed by atoms with van der Waals surface area (Å²) >= 11 is 0. The highest BCUT2D eigenvalue weighted by Gasteiger charge is 2.48. The van der Waals surface area contributed by atoms with Crippen LogP contribution in [0.3, 0.4) is 0 Å². The van der Waals surface area contributed by atoms with E-state index in [1.54, 1.807) is 0 Å². The van der Waals surface area contributed by atoms with E-state index in [0.29, 0.717) is 12.5 Å². The van der Waals surface area contributed by atoms with Crippen molar-refractivity contribution in [2.75, 3.05) is 13.2 Å². The number of unbranched alkanes of at least 4 members (excludes halogenated alkanes) is 2. The predicted molar refractivity (Wildman–Crippen MR) is 64.2 cm³/mol. The van der Waals surface area contributed by atoms with Gasteiger partial charge in [0.2, 0.25) is 0 Å². The van der Waals surface area contributed by atoms with E-state index in [0.717, 1.165) is 6.42 Å². The lowest BCUT2D eigenvalue weighted by Crippen LogP contribution is -2.48. The molecule has 2 fully saturated rings. The summed E-state index contributed by atoms with van der Waals surface area (Å²) in [6, 6.07) is 0.159. The predicted octanol–water partition coefficient (Wildman–Crippen LogP) is 2.04. The number of rotatable bonds is 5. The van der Waals surface area contributed by atoms with Crippen LogP contribution in [-0.2, 0) is 4.74 Å². The molecular weight excluding hydrogens is 202 g/mol. The highest BCUT2D eigenvalue weighted by molar-refractivity contribution is 4.97. The first-order chi connectivity index (χ1) is 7.80. The van der Waals surface area contributed by atoms with Crippen LogP contribution in [0.25, 0.3) is 0 Å². The molecule has 2 aliphatic rings. The maximum absolute atomic E-state index is 9.17. The molecule has 1 aliphatic heterocycles. The minimum Gasteiger partial charge on any atom is -0.395 e. The second-order valence-corrected chi connectivity index (χ2v) is 5.31. The van der Waals surface area contributed by atoms with Gasteiger partial charge in [-0.1, -0.05) is 26.2 Å². The van der Waals surface area contributed by atoms with Gasteiger partial charge in [0.15, 0.2) is 0 Å². The van der Waals surface area contributed by atoms with E-state index in [9.17, 15) is 0 Å². The van der Waals surface area contributed by atoms with Gasteiger partial charge in [-0.05, 0) is 25.7 Å². The summed E-state index contributed by atoms with van der Waals surface area (Å²) in [4.78, 5) is 0. The largest absolute Gasteiger partial charge is 0.395 e. The Bertz CT molecular complexity index is 222. The number of aliphatic hydroxyl groups excluding tert-OH is 1. The fourth-order valence-electron chi connectivity index (χ4n) is 3.22. The maximum atomic E-state index is 9.17. The minimum absolute atomic E-state index is 0.0822. The minimum atomic E-state index is -0.0822. The second kappa shape index (κ2) is 5.48. The third-order valence-electron chi connectivity index (χ3n) is 4.13. The smallest absolute Gasteiger partial charge is 0.122 e. The molecule has 16 heavy (non-hydrogen) atoms. The Hall–Kier alpha value is -0.120. The Labute approximate surface area is 98.6 Å². The number of ether oxygens (including phenoxy) is 1. The summed E-state index contributed by atoms with van der Waals surface area (Å²) < 4.78 is 5.98. The number of hydrogen-bond acceptors (Lipinski definition) is 3. The first kappa shape index (κ1) is 12.3. The van der Waals surface area contributed by atoms with E-state index < -0.39 is 0 Å². The molecule has 3 atom stereocenters. The molecule has 0 radical (unpaired) electrons. The van der Waals surface area contributed by atoms with Gasteiger partial charge in [0.25, 0.3) is 0 Å². The molecule has 1 aliphatic carbocycles. The molecule has 2 N–H and O–H groups in total. The molecule has 3 heteroatoms. The molecule has 1 saturated heterocycles. The Morgan fingerprint density at radius 2 is 2.31 bits per heavy atom. The van der Waals surface area contributed by atoms with Crippen LogP contribution in [0.15, 0.2) is 0 Å². The molecule has 94 valence electrons. The van der Waals surface area contributed by atoms with Crippen LogP contribution in [0.2, 0.25) is 0 Å². The zero-order valence-electron chi connectivity index (χ0n) is 10.4. The Kier molecular flexibility index (Phi) is 4.22. The van der Waals surface area contributed by atoms with Crippen molar-refractivity contribution < 1.29 is 9.84 Å². The van der Waals surface area contributed by atoms with Gasteiger partial charge >= 0.3 is 0 Å². The van der Waals surface area contributed by atoms with Crippen LogP contribution < -0.4 is 5.32 Å². The topological polar surface area (TPSA) is 41.5 Å². The molecule has 0 aromatic heterocycles. The molecule has 2 rings (SSSR count). The van der Waals surface area contributed by atoms with E-state index in [1.165, 1.54) is 38.5 Å². The van der Waals surface area contributed by atoms with Crippen LogP contribution in [-0.4, -0.2) is 30.1 Å². The third kappa shape index (κ3) is 2.41. The van der Waals surface area contributed by atoms with Crippen molar-refractivity contribution in [3.05, 3.63) is 0 Å². The van der Waals surface area contributed by atoms with Gasteiger partial charge in [0, 0.05) is 5.92 Å².